The molecule has 0 spiro atoms. The van der Waals surface area contributed by atoms with Gasteiger partial charge in [-0.05, 0) is 43.9 Å². The van der Waals surface area contributed by atoms with E-state index in [0.717, 1.165) is 38.0 Å². The number of aryl methyl sites for hydroxylation is 1. The summed E-state index contributed by atoms with van der Waals surface area (Å²) in [6.45, 7) is 4.03. The molecule has 0 aliphatic carbocycles. The lowest BCUT2D eigenvalue weighted by Gasteiger charge is -2.35. The van der Waals surface area contributed by atoms with Crippen molar-refractivity contribution in [1.82, 2.24) is 9.88 Å². The molecule has 0 unspecified atom stereocenters. The predicted molar refractivity (Wildman–Crippen MR) is 78.5 cm³/mol. The van der Waals surface area contributed by atoms with Crippen LogP contribution in [-0.4, -0.2) is 33.5 Å². The van der Waals surface area contributed by atoms with Crippen molar-refractivity contribution in [2.24, 2.45) is 0 Å². The van der Waals surface area contributed by atoms with Crippen molar-refractivity contribution < 1.29 is 9.90 Å². The second-order valence-electron chi connectivity index (χ2n) is 5.56. The van der Waals surface area contributed by atoms with Crippen LogP contribution in [0.1, 0.15) is 50.3 Å². The summed E-state index contributed by atoms with van der Waals surface area (Å²) in [5, 5.41) is 8.85. The van der Waals surface area contributed by atoms with E-state index >= 15 is 0 Å². The van der Waals surface area contributed by atoms with Crippen molar-refractivity contribution in [2.75, 3.05) is 6.54 Å². The van der Waals surface area contributed by atoms with Gasteiger partial charge in [-0.2, -0.15) is 0 Å². The van der Waals surface area contributed by atoms with E-state index in [1.165, 1.54) is 18.4 Å². The Kier molecular flexibility index (Phi) is 5.53. The monoisotopic (exact) mass is 276 g/mol. The van der Waals surface area contributed by atoms with Crippen LogP contribution in [-0.2, 0) is 17.8 Å². The molecular weight excluding hydrogens is 252 g/mol. The van der Waals surface area contributed by atoms with E-state index in [1.54, 1.807) is 0 Å². The highest BCUT2D eigenvalue weighted by molar-refractivity contribution is 5.66. The van der Waals surface area contributed by atoms with Gasteiger partial charge in [0.25, 0.3) is 0 Å². The van der Waals surface area contributed by atoms with Crippen molar-refractivity contribution in [3.8, 4) is 0 Å². The number of aromatic nitrogens is 1. The summed E-state index contributed by atoms with van der Waals surface area (Å²) in [6, 6.07) is 4.63. The van der Waals surface area contributed by atoms with E-state index in [2.05, 4.69) is 28.9 Å². The first-order valence-electron chi connectivity index (χ1n) is 7.58. The maximum atomic E-state index is 10.7. The fraction of sp³-hybridized carbons (Fsp3) is 0.625. The van der Waals surface area contributed by atoms with Crippen LogP contribution in [0.2, 0.25) is 0 Å². The Balaban J connectivity index is 1.94. The van der Waals surface area contributed by atoms with Gasteiger partial charge < -0.3 is 5.11 Å². The molecule has 0 amide bonds. The topological polar surface area (TPSA) is 53.4 Å². The zero-order valence-corrected chi connectivity index (χ0v) is 12.2. The third-order valence-electron chi connectivity index (χ3n) is 4.10. The second kappa shape index (κ2) is 7.39. The number of likely N-dealkylation sites (tertiary alicyclic amines) is 1. The van der Waals surface area contributed by atoms with Crippen LogP contribution in [0.25, 0.3) is 0 Å². The molecule has 4 nitrogen and oxygen atoms in total. The van der Waals surface area contributed by atoms with Crippen molar-refractivity contribution in [1.29, 1.82) is 0 Å². The van der Waals surface area contributed by atoms with Crippen molar-refractivity contribution >= 4 is 5.97 Å². The first-order chi connectivity index (χ1) is 9.69. The van der Waals surface area contributed by atoms with Gasteiger partial charge in [-0.3, -0.25) is 14.7 Å². The summed E-state index contributed by atoms with van der Waals surface area (Å²) in [4.78, 5) is 17.7. The lowest BCUT2D eigenvalue weighted by Crippen LogP contribution is -2.39. The van der Waals surface area contributed by atoms with Crippen molar-refractivity contribution in [3.63, 3.8) is 0 Å². The van der Waals surface area contributed by atoms with E-state index < -0.39 is 5.97 Å². The Morgan fingerprint density at radius 3 is 2.95 bits per heavy atom. The highest BCUT2D eigenvalue weighted by Gasteiger charge is 2.23. The molecule has 0 aromatic carbocycles. The lowest BCUT2D eigenvalue weighted by molar-refractivity contribution is -0.137. The van der Waals surface area contributed by atoms with Gasteiger partial charge in [0.2, 0.25) is 0 Å². The van der Waals surface area contributed by atoms with Crippen LogP contribution in [0.3, 0.4) is 0 Å². The number of nitrogens with zero attached hydrogens (tertiary/aromatic N) is 2. The average Bonchev–Trinajstić information content (AvgIpc) is 2.47. The molecule has 2 heterocycles. The summed E-state index contributed by atoms with van der Waals surface area (Å²) in [5.74, 6) is -0.694. The van der Waals surface area contributed by atoms with E-state index in [0.29, 0.717) is 6.04 Å². The molecule has 0 radical (unpaired) electrons. The Hall–Kier alpha value is -1.42. The number of hydrogen-bond acceptors (Lipinski definition) is 3. The number of pyridine rings is 1. The minimum Gasteiger partial charge on any atom is -0.481 e. The van der Waals surface area contributed by atoms with Gasteiger partial charge in [-0.25, -0.2) is 0 Å². The highest BCUT2D eigenvalue weighted by atomic mass is 16.4. The van der Waals surface area contributed by atoms with Gasteiger partial charge in [-0.15, -0.1) is 0 Å². The number of carboxylic acids is 1. The van der Waals surface area contributed by atoms with Gasteiger partial charge in [0.05, 0.1) is 5.69 Å². The van der Waals surface area contributed by atoms with E-state index in [-0.39, 0.29) is 6.42 Å². The normalized spacial score (nSPS) is 19.9. The largest absolute Gasteiger partial charge is 0.481 e. The number of carbonyl (C=O) groups is 1. The van der Waals surface area contributed by atoms with Crippen LogP contribution in [0.15, 0.2) is 18.3 Å². The van der Waals surface area contributed by atoms with Crippen molar-refractivity contribution in [2.45, 2.75) is 58.0 Å². The highest BCUT2D eigenvalue weighted by Crippen LogP contribution is 2.22. The molecule has 20 heavy (non-hydrogen) atoms. The predicted octanol–water partition coefficient (Wildman–Crippen LogP) is 2.86. The van der Waals surface area contributed by atoms with Crippen LogP contribution in [0.5, 0.6) is 0 Å². The first kappa shape index (κ1) is 15.0. The van der Waals surface area contributed by atoms with Crippen molar-refractivity contribution in [3.05, 3.63) is 29.6 Å². The van der Waals surface area contributed by atoms with Crippen LogP contribution >= 0.6 is 0 Å². The van der Waals surface area contributed by atoms with Gasteiger partial charge >= 0.3 is 5.97 Å². The maximum Gasteiger partial charge on any atom is 0.303 e. The Morgan fingerprint density at radius 2 is 2.30 bits per heavy atom. The Morgan fingerprint density at radius 1 is 1.45 bits per heavy atom. The summed E-state index contributed by atoms with van der Waals surface area (Å²) in [5.41, 5.74) is 2.35. The Bertz CT molecular complexity index is 431. The third-order valence-corrected chi connectivity index (χ3v) is 4.10. The van der Waals surface area contributed by atoms with Crippen LogP contribution < -0.4 is 0 Å². The SMILES string of the molecule is CCc1ccc(CN2CCCC[C@@H]2CCC(=O)O)nc1. The Labute approximate surface area is 120 Å². The zero-order chi connectivity index (χ0) is 14.4. The summed E-state index contributed by atoms with van der Waals surface area (Å²) in [6.07, 6.45) is 7.51. The quantitative estimate of drug-likeness (QED) is 0.868. The molecule has 4 heteroatoms. The molecule has 1 N–H and O–H groups in total. The molecule has 1 aromatic heterocycles. The first-order valence-corrected chi connectivity index (χ1v) is 7.58. The summed E-state index contributed by atoms with van der Waals surface area (Å²) < 4.78 is 0. The fourth-order valence-electron chi connectivity index (χ4n) is 2.85. The maximum absolute atomic E-state index is 10.7. The molecule has 1 aliphatic rings. The minimum atomic E-state index is -0.694. The minimum absolute atomic E-state index is 0.267. The number of aliphatic carboxylic acids is 1. The second-order valence-corrected chi connectivity index (χ2v) is 5.56. The standard InChI is InChI=1S/C16H24N2O2/c1-2-13-6-7-14(17-11-13)12-18-10-4-3-5-15(18)8-9-16(19)20/h6-7,11,15H,2-5,8-10,12H2,1H3,(H,19,20)/t15-/m1/s1. The number of rotatable bonds is 6. The van der Waals surface area contributed by atoms with Crippen LogP contribution in [0, 0.1) is 0 Å². The van der Waals surface area contributed by atoms with Gasteiger partial charge in [0.1, 0.15) is 0 Å². The smallest absolute Gasteiger partial charge is 0.303 e. The molecular formula is C16H24N2O2. The molecule has 1 atom stereocenters. The van der Waals surface area contributed by atoms with E-state index in [1.807, 2.05) is 6.20 Å². The van der Waals surface area contributed by atoms with Crippen LogP contribution in [0.4, 0.5) is 0 Å². The average molecular weight is 276 g/mol. The molecule has 1 aromatic rings. The lowest BCUT2D eigenvalue weighted by atomic mass is 9.97. The molecule has 0 bridgehead atoms. The number of hydrogen-bond donors (Lipinski definition) is 1. The van der Waals surface area contributed by atoms with Gasteiger partial charge in [0.15, 0.2) is 0 Å². The molecule has 1 saturated heterocycles. The van der Waals surface area contributed by atoms with E-state index in [4.69, 9.17) is 5.11 Å². The summed E-state index contributed by atoms with van der Waals surface area (Å²) in [7, 11) is 0. The number of carboxylic acid groups (broad SMARTS) is 1. The third kappa shape index (κ3) is 4.30. The molecule has 110 valence electrons. The van der Waals surface area contributed by atoms with E-state index in [9.17, 15) is 4.79 Å². The van der Waals surface area contributed by atoms with Gasteiger partial charge in [0, 0.05) is 25.2 Å². The fourth-order valence-corrected chi connectivity index (χ4v) is 2.85. The summed E-state index contributed by atoms with van der Waals surface area (Å²) >= 11 is 0. The number of piperidine rings is 1. The molecule has 0 saturated carbocycles. The molecule has 1 aliphatic heterocycles. The zero-order valence-electron chi connectivity index (χ0n) is 12.2. The molecule has 1 fully saturated rings. The molecule has 2 rings (SSSR count). The van der Waals surface area contributed by atoms with Gasteiger partial charge in [-0.1, -0.05) is 19.4 Å².